The van der Waals surface area contributed by atoms with Gasteiger partial charge in [-0.15, -0.1) is 10.2 Å². The fourth-order valence-electron chi connectivity index (χ4n) is 3.47. The Kier molecular flexibility index (Phi) is 6.10. The fourth-order valence-corrected chi connectivity index (χ4v) is 3.47. The Morgan fingerprint density at radius 3 is 2.48 bits per heavy atom. The van der Waals surface area contributed by atoms with Crippen molar-refractivity contribution in [2.24, 2.45) is 5.92 Å². The maximum atomic E-state index is 13.2. The number of aromatic nitrogens is 3. The Morgan fingerprint density at radius 1 is 1.10 bits per heavy atom. The van der Waals surface area contributed by atoms with Gasteiger partial charge in [0.05, 0.1) is 5.56 Å². The highest BCUT2D eigenvalue weighted by Gasteiger charge is 2.36. The van der Waals surface area contributed by atoms with Crippen LogP contribution in [0.15, 0.2) is 30.5 Å². The summed E-state index contributed by atoms with van der Waals surface area (Å²) >= 11 is 0. The molecule has 1 aliphatic heterocycles. The van der Waals surface area contributed by atoms with Gasteiger partial charge in [-0.25, -0.2) is 9.78 Å². The van der Waals surface area contributed by atoms with Gasteiger partial charge in [-0.05, 0) is 30.5 Å². The molecule has 166 valence electrons. The topological polar surface area (TPSA) is 83.5 Å². The first-order valence-corrected chi connectivity index (χ1v) is 10.2. The molecule has 8 nitrogen and oxygen atoms in total. The van der Waals surface area contributed by atoms with Gasteiger partial charge in [-0.2, -0.15) is 13.2 Å². The van der Waals surface area contributed by atoms with Gasteiger partial charge in [-0.1, -0.05) is 12.8 Å². The second-order valence-electron chi connectivity index (χ2n) is 7.62. The van der Waals surface area contributed by atoms with Crippen LogP contribution >= 0.6 is 0 Å². The first-order chi connectivity index (χ1) is 14.9. The molecule has 1 N–H and O–H groups in total. The number of carbonyl (C=O) groups is 1. The minimum atomic E-state index is -4.45. The maximum absolute atomic E-state index is 13.2. The van der Waals surface area contributed by atoms with Crippen LogP contribution in [-0.4, -0.2) is 54.0 Å². The second kappa shape index (κ2) is 8.94. The number of hydrogen-bond donors (Lipinski definition) is 1. The van der Waals surface area contributed by atoms with Crippen LogP contribution in [0.5, 0.6) is 5.88 Å². The molecule has 0 radical (unpaired) electrons. The standard InChI is InChI=1S/C20H23F3N6O2/c21-20(22,23)15-2-1-8-24-18(15)29-12-10-28(11-13-29)16-5-6-17(27-26-16)31-19(30)25-9-7-14-3-4-14/h1-2,5-6,8,14H,3-4,7,9-13H2,(H,25,30). The number of amides is 1. The Labute approximate surface area is 177 Å². The van der Waals surface area contributed by atoms with E-state index in [1.54, 1.807) is 17.0 Å². The van der Waals surface area contributed by atoms with Gasteiger partial charge in [0.15, 0.2) is 5.82 Å². The lowest BCUT2D eigenvalue weighted by molar-refractivity contribution is -0.137. The number of pyridine rings is 1. The van der Waals surface area contributed by atoms with Gasteiger partial charge in [0.1, 0.15) is 5.82 Å². The fraction of sp³-hybridized carbons (Fsp3) is 0.500. The van der Waals surface area contributed by atoms with E-state index < -0.39 is 17.8 Å². The third kappa shape index (κ3) is 5.53. The highest BCUT2D eigenvalue weighted by Crippen LogP contribution is 2.35. The van der Waals surface area contributed by atoms with Crippen LogP contribution in [0.1, 0.15) is 24.8 Å². The number of carbonyl (C=O) groups excluding carboxylic acids is 1. The summed E-state index contributed by atoms with van der Waals surface area (Å²) in [4.78, 5) is 19.2. The van der Waals surface area contributed by atoms with Crippen LogP contribution in [-0.2, 0) is 6.18 Å². The molecule has 1 saturated heterocycles. The largest absolute Gasteiger partial charge is 0.419 e. The number of anilines is 2. The Hall–Kier alpha value is -3.11. The molecule has 1 aliphatic carbocycles. The van der Waals surface area contributed by atoms with E-state index in [1.807, 2.05) is 4.90 Å². The third-order valence-corrected chi connectivity index (χ3v) is 5.34. The number of nitrogens with one attached hydrogen (secondary N) is 1. The zero-order valence-corrected chi connectivity index (χ0v) is 16.8. The van der Waals surface area contributed by atoms with Gasteiger partial charge < -0.3 is 19.9 Å². The molecule has 1 amide bonds. The maximum Gasteiger partial charge on any atom is 0.419 e. The smallest absolute Gasteiger partial charge is 0.390 e. The predicted octanol–water partition coefficient (Wildman–Crippen LogP) is 3.11. The summed E-state index contributed by atoms with van der Waals surface area (Å²) in [6, 6.07) is 5.56. The molecule has 11 heteroatoms. The van der Waals surface area contributed by atoms with Gasteiger partial charge in [0, 0.05) is 45.0 Å². The summed E-state index contributed by atoms with van der Waals surface area (Å²) in [5.41, 5.74) is -0.736. The summed E-state index contributed by atoms with van der Waals surface area (Å²) in [6.45, 7) is 2.23. The van der Waals surface area contributed by atoms with Crippen LogP contribution in [0, 0.1) is 5.92 Å². The molecule has 2 aromatic rings. The van der Waals surface area contributed by atoms with Crippen molar-refractivity contribution in [3.05, 3.63) is 36.0 Å². The number of hydrogen-bond acceptors (Lipinski definition) is 7. The normalized spacial score (nSPS) is 16.9. The van der Waals surface area contributed by atoms with Crippen LogP contribution in [0.2, 0.25) is 0 Å². The van der Waals surface area contributed by atoms with E-state index in [-0.39, 0.29) is 11.7 Å². The predicted molar refractivity (Wildman–Crippen MR) is 107 cm³/mol. The molecular weight excluding hydrogens is 413 g/mol. The van der Waals surface area contributed by atoms with E-state index in [2.05, 4.69) is 20.5 Å². The van der Waals surface area contributed by atoms with Crippen molar-refractivity contribution in [1.29, 1.82) is 0 Å². The number of halogens is 3. The van der Waals surface area contributed by atoms with Crippen molar-refractivity contribution in [2.45, 2.75) is 25.4 Å². The Balaban J connectivity index is 1.29. The molecule has 31 heavy (non-hydrogen) atoms. The first-order valence-electron chi connectivity index (χ1n) is 10.2. The van der Waals surface area contributed by atoms with Gasteiger partial charge >= 0.3 is 12.3 Å². The van der Waals surface area contributed by atoms with E-state index in [0.29, 0.717) is 38.5 Å². The number of nitrogens with zero attached hydrogens (tertiary/aromatic N) is 5. The van der Waals surface area contributed by atoms with Gasteiger partial charge in [0.25, 0.3) is 0 Å². The summed E-state index contributed by atoms with van der Waals surface area (Å²) < 4.78 is 44.8. The van der Waals surface area contributed by atoms with Crippen molar-refractivity contribution in [2.75, 3.05) is 42.5 Å². The first kappa shape index (κ1) is 21.1. The molecule has 0 spiro atoms. The van der Waals surface area contributed by atoms with E-state index >= 15 is 0 Å². The number of alkyl halides is 3. The van der Waals surface area contributed by atoms with Crippen molar-refractivity contribution in [1.82, 2.24) is 20.5 Å². The van der Waals surface area contributed by atoms with Gasteiger partial charge in [0.2, 0.25) is 5.88 Å². The average molecular weight is 436 g/mol. The molecular formula is C20H23F3N6O2. The van der Waals surface area contributed by atoms with Gasteiger partial charge in [-0.3, -0.25) is 0 Å². The lowest BCUT2D eigenvalue weighted by Crippen LogP contribution is -2.47. The third-order valence-electron chi connectivity index (χ3n) is 5.34. The second-order valence-corrected chi connectivity index (χ2v) is 7.62. The van der Waals surface area contributed by atoms with Crippen LogP contribution in [0.3, 0.4) is 0 Å². The molecule has 2 fully saturated rings. The number of rotatable bonds is 6. The number of ether oxygens (including phenoxy) is 1. The lowest BCUT2D eigenvalue weighted by Gasteiger charge is -2.36. The van der Waals surface area contributed by atoms with E-state index in [9.17, 15) is 18.0 Å². The zero-order chi connectivity index (χ0) is 21.8. The molecule has 0 bridgehead atoms. The van der Waals surface area contributed by atoms with Crippen LogP contribution in [0.4, 0.5) is 29.6 Å². The zero-order valence-electron chi connectivity index (χ0n) is 16.8. The summed E-state index contributed by atoms with van der Waals surface area (Å²) in [6.07, 6.45) is -0.247. The van der Waals surface area contributed by atoms with E-state index in [1.165, 1.54) is 25.1 Å². The summed E-state index contributed by atoms with van der Waals surface area (Å²) in [5, 5.41) is 10.7. The van der Waals surface area contributed by atoms with E-state index in [0.717, 1.165) is 18.4 Å². The molecule has 3 heterocycles. The molecule has 0 aromatic carbocycles. The Morgan fingerprint density at radius 2 is 1.84 bits per heavy atom. The molecule has 0 atom stereocenters. The summed E-state index contributed by atoms with van der Waals surface area (Å²) in [7, 11) is 0. The highest BCUT2D eigenvalue weighted by atomic mass is 19.4. The number of piperazine rings is 1. The minimum absolute atomic E-state index is 0.0582. The van der Waals surface area contributed by atoms with Crippen molar-refractivity contribution < 1.29 is 22.7 Å². The average Bonchev–Trinajstić information content (AvgIpc) is 3.58. The SMILES string of the molecule is O=C(NCCC1CC1)Oc1ccc(N2CCN(c3ncccc3C(F)(F)F)CC2)nn1. The molecule has 2 aromatic heterocycles. The molecule has 1 saturated carbocycles. The molecule has 2 aliphatic rings. The van der Waals surface area contributed by atoms with Crippen molar-refractivity contribution in [3.63, 3.8) is 0 Å². The monoisotopic (exact) mass is 436 g/mol. The van der Waals surface area contributed by atoms with E-state index in [4.69, 9.17) is 4.74 Å². The van der Waals surface area contributed by atoms with Crippen LogP contribution in [0.25, 0.3) is 0 Å². The minimum Gasteiger partial charge on any atom is -0.390 e. The Bertz CT molecular complexity index is 897. The molecule has 0 unspecified atom stereocenters. The lowest BCUT2D eigenvalue weighted by atomic mass is 10.2. The molecule has 4 rings (SSSR count). The quantitative estimate of drug-likeness (QED) is 0.745. The highest BCUT2D eigenvalue weighted by molar-refractivity contribution is 5.69. The van der Waals surface area contributed by atoms with Crippen LogP contribution < -0.4 is 19.9 Å². The summed E-state index contributed by atoms with van der Waals surface area (Å²) in [5.74, 6) is 1.32. The van der Waals surface area contributed by atoms with Crippen molar-refractivity contribution in [3.8, 4) is 5.88 Å². The van der Waals surface area contributed by atoms with Crippen molar-refractivity contribution >= 4 is 17.7 Å².